The van der Waals surface area contributed by atoms with Crippen LogP contribution in [0.25, 0.3) is 0 Å². The van der Waals surface area contributed by atoms with Crippen molar-refractivity contribution < 1.29 is 24.5 Å². The van der Waals surface area contributed by atoms with E-state index in [1.165, 1.54) is 193 Å². The summed E-state index contributed by atoms with van der Waals surface area (Å²) in [4.78, 5) is 26.2. The van der Waals surface area contributed by atoms with Crippen molar-refractivity contribution in [3.05, 3.63) is 24.3 Å². The molecule has 0 rings (SSSR count). The van der Waals surface area contributed by atoms with E-state index in [9.17, 15) is 19.8 Å². The number of hydrogen-bond acceptors (Lipinski definition) is 5. The zero-order chi connectivity index (χ0) is 45.9. The molecule has 3 atom stereocenters. The molecule has 0 saturated heterocycles. The number of rotatable bonds is 51. The molecule has 0 fully saturated rings. The van der Waals surface area contributed by atoms with Gasteiger partial charge in [-0.3, -0.25) is 9.59 Å². The fourth-order valence-electron chi connectivity index (χ4n) is 8.82. The molecule has 0 aliphatic heterocycles. The number of aliphatic hydroxyl groups is 2. The van der Waals surface area contributed by atoms with Crippen LogP contribution in [0.4, 0.5) is 0 Å². The summed E-state index contributed by atoms with van der Waals surface area (Å²) >= 11 is 0. The number of carbonyl (C=O) groups excluding carboxylic acids is 2. The zero-order valence-corrected chi connectivity index (χ0v) is 42.5. The molecular formula is C57H109NO5. The first-order valence-corrected chi connectivity index (χ1v) is 28.1. The lowest BCUT2D eigenvalue weighted by Gasteiger charge is -2.24. The number of esters is 1. The van der Waals surface area contributed by atoms with E-state index < -0.39 is 18.2 Å². The molecule has 372 valence electrons. The average molecular weight is 889 g/mol. The molecule has 0 bridgehead atoms. The smallest absolute Gasteiger partial charge is 0.306 e. The lowest BCUT2D eigenvalue weighted by atomic mass is 10.0. The molecule has 3 N–H and O–H groups in total. The number of hydrogen-bond donors (Lipinski definition) is 3. The minimum atomic E-state index is -0.785. The van der Waals surface area contributed by atoms with Crippen LogP contribution in [-0.2, 0) is 14.3 Å². The van der Waals surface area contributed by atoms with Gasteiger partial charge in [0.2, 0.25) is 5.91 Å². The number of unbranched alkanes of at least 4 members (excludes halogenated alkanes) is 35. The van der Waals surface area contributed by atoms with E-state index in [0.717, 1.165) is 64.2 Å². The van der Waals surface area contributed by atoms with Crippen molar-refractivity contribution in [3.63, 3.8) is 0 Å². The lowest BCUT2D eigenvalue weighted by Crippen LogP contribution is -2.46. The molecule has 0 saturated carbocycles. The topological polar surface area (TPSA) is 95.9 Å². The molecule has 0 heterocycles. The molecule has 0 radical (unpaired) electrons. The van der Waals surface area contributed by atoms with Crippen LogP contribution in [0.3, 0.4) is 0 Å². The van der Waals surface area contributed by atoms with Gasteiger partial charge in [-0.25, -0.2) is 0 Å². The molecule has 6 nitrogen and oxygen atoms in total. The van der Waals surface area contributed by atoms with Crippen molar-refractivity contribution in [2.45, 2.75) is 322 Å². The second-order valence-electron chi connectivity index (χ2n) is 19.3. The Morgan fingerprint density at radius 3 is 1.29 bits per heavy atom. The Morgan fingerprint density at radius 2 is 0.857 bits per heavy atom. The third-order valence-electron chi connectivity index (χ3n) is 13.0. The van der Waals surface area contributed by atoms with E-state index in [4.69, 9.17) is 4.74 Å². The van der Waals surface area contributed by atoms with Gasteiger partial charge in [-0.2, -0.15) is 0 Å². The second-order valence-corrected chi connectivity index (χ2v) is 19.3. The zero-order valence-electron chi connectivity index (χ0n) is 42.5. The highest BCUT2D eigenvalue weighted by Crippen LogP contribution is 2.19. The minimum absolute atomic E-state index is 0.0803. The Labute approximate surface area is 392 Å². The third-order valence-corrected chi connectivity index (χ3v) is 13.0. The van der Waals surface area contributed by atoms with Crippen molar-refractivity contribution in [1.29, 1.82) is 0 Å². The van der Waals surface area contributed by atoms with Gasteiger partial charge >= 0.3 is 5.97 Å². The van der Waals surface area contributed by atoms with Crippen LogP contribution < -0.4 is 5.32 Å². The fraction of sp³-hybridized carbons (Fsp3) is 0.895. The summed E-state index contributed by atoms with van der Waals surface area (Å²) in [5.74, 6) is -0.465. The number of aliphatic hydroxyl groups excluding tert-OH is 2. The first kappa shape index (κ1) is 61.3. The monoisotopic (exact) mass is 888 g/mol. The Bertz CT molecular complexity index is 997. The molecule has 0 aliphatic carbocycles. The number of amides is 1. The van der Waals surface area contributed by atoms with Gasteiger partial charge in [0.15, 0.2) is 0 Å². The quantitative estimate of drug-likeness (QED) is 0.0321. The summed E-state index contributed by atoms with van der Waals surface area (Å²) in [6.07, 6.45) is 59.6. The number of carbonyl (C=O) groups is 2. The molecule has 0 aliphatic rings. The highest BCUT2D eigenvalue weighted by molar-refractivity contribution is 5.77. The minimum Gasteiger partial charge on any atom is -0.462 e. The van der Waals surface area contributed by atoms with E-state index in [1.54, 1.807) is 0 Å². The van der Waals surface area contributed by atoms with Crippen LogP contribution in [0.2, 0.25) is 0 Å². The molecular weight excluding hydrogens is 779 g/mol. The van der Waals surface area contributed by atoms with E-state index >= 15 is 0 Å². The van der Waals surface area contributed by atoms with Gasteiger partial charge in [0, 0.05) is 6.42 Å². The Hall–Kier alpha value is -1.66. The molecule has 0 aromatic rings. The van der Waals surface area contributed by atoms with Crippen molar-refractivity contribution in [1.82, 2.24) is 5.32 Å². The normalized spacial score (nSPS) is 13.3. The van der Waals surface area contributed by atoms with E-state index in [1.807, 2.05) is 0 Å². The first-order valence-electron chi connectivity index (χ1n) is 28.1. The second kappa shape index (κ2) is 51.3. The summed E-state index contributed by atoms with van der Waals surface area (Å²) < 4.78 is 5.95. The molecule has 63 heavy (non-hydrogen) atoms. The third kappa shape index (κ3) is 46.7. The summed E-state index contributed by atoms with van der Waals surface area (Å²) in [5.41, 5.74) is 0. The van der Waals surface area contributed by atoms with Gasteiger partial charge in [0.05, 0.1) is 25.2 Å². The first-order chi connectivity index (χ1) is 31.0. The average Bonchev–Trinajstić information content (AvgIpc) is 3.28. The van der Waals surface area contributed by atoms with Gasteiger partial charge in [0.1, 0.15) is 6.10 Å². The van der Waals surface area contributed by atoms with Crippen LogP contribution >= 0.6 is 0 Å². The molecule has 3 unspecified atom stereocenters. The van der Waals surface area contributed by atoms with Crippen molar-refractivity contribution in [2.24, 2.45) is 0 Å². The summed E-state index contributed by atoms with van der Waals surface area (Å²) in [5, 5.41) is 23.9. The SMILES string of the molecule is CC/C=C/C/C=C/CCCCCCCCCC(=O)OC(CCCCCCCCCCCCCCC)CC(=O)NC(CO)C(O)CCCCCCCCCCCCCCCCCCC. The lowest BCUT2D eigenvalue weighted by molar-refractivity contribution is -0.151. The Balaban J connectivity index is 4.47. The van der Waals surface area contributed by atoms with E-state index in [-0.39, 0.29) is 24.9 Å². The van der Waals surface area contributed by atoms with Gasteiger partial charge < -0.3 is 20.3 Å². The number of allylic oxidation sites excluding steroid dienone is 4. The van der Waals surface area contributed by atoms with Crippen molar-refractivity contribution in [3.8, 4) is 0 Å². The van der Waals surface area contributed by atoms with Crippen LogP contribution in [0.15, 0.2) is 24.3 Å². The summed E-state index contributed by atoms with van der Waals surface area (Å²) in [6.45, 7) is 6.41. The molecule has 1 amide bonds. The van der Waals surface area contributed by atoms with Crippen molar-refractivity contribution >= 4 is 11.9 Å². The van der Waals surface area contributed by atoms with Gasteiger partial charge in [-0.1, -0.05) is 263 Å². The maximum atomic E-state index is 13.2. The number of ether oxygens (including phenoxy) is 1. The van der Waals surface area contributed by atoms with Gasteiger partial charge in [-0.05, 0) is 51.4 Å². The summed E-state index contributed by atoms with van der Waals surface area (Å²) in [7, 11) is 0. The fourth-order valence-corrected chi connectivity index (χ4v) is 8.82. The molecule has 6 heteroatoms. The van der Waals surface area contributed by atoms with E-state index in [2.05, 4.69) is 50.4 Å². The molecule has 0 aromatic carbocycles. The standard InChI is InChI=1S/C57H109NO5/c1-4-7-10-13-16-19-22-25-27-28-29-31-34-37-40-43-46-49-55(60)54(52-59)58-56(61)51-53(48-45-42-39-36-33-30-24-21-18-15-12-9-6-3)63-57(62)50-47-44-41-38-35-32-26-23-20-17-14-11-8-5-2/h8,11,17,20,53-55,59-60H,4-7,9-10,12-16,18-19,21-52H2,1-3H3,(H,58,61)/b11-8+,20-17+. The van der Waals surface area contributed by atoms with Crippen LogP contribution in [-0.4, -0.2) is 46.9 Å². The van der Waals surface area contributed by atoms with Crippen LogP contribution in [0, 0.1) is 0 Å². The van der Waals surface area contributed by atoms with Gasteiger partial charge in [-0.15, -0.1) is 0 Å². The largest absolute Gasteiger partial charge is 0.462 e. The Kier molecular flexibility index (Phi) is 50.0. The maximum absolute atomic E-state index is 13.2. The maximum Gasteiger partial charge on any atom is 0.306 e. The van der Waals surface area contributed by atoms with Crippen LogP contribution in [0.1, 0.15) is 303 Å². The Morgan fingerprint density at radius 1 is 0.476 bits per heavy atom. The molecule has 0 aromatic heterocycles. The van der Waals surface area contributed by atoms with Crippen LogP contribution in [0.5, 0.6) is 0 Å². The predicted octanol–water partition coefficient (Wildman–Crippen LogP) is 17.1. The number of nitrogens with one attached hydrogen (secondary N) is 1. The predicted molar refractivity (Wildman–Crippen MR) is 273 cm³/mol. The van der Waals surface area contributed by atoms with E-state index in [0.29, 0.717) is 19.3 Å². The summed E-state index contributed by atoms with van der Waals surface area (Å²) in [6, 6.07) is -0.698. The van der Waals surface area contributed by atoms with Gasteiger partial charge in [0.25, 0.3) is 0 Å². The highest BCUT2D eigenvalue weighted by Gasteiger charge is 2.24. The van der Waals surface area contributed by atoms with Crippen molar-refractivity contribution in [2.75, 3.05) is 6.61 Å². The molecule has 0 spiro atoms. The highest BCUT2D eigenvalue weighted by atomic mass is 16.5.